The molecule has 2 heterocycles. The predicted molar refractivity (Wildman–Crippen MR) is 70.8 cm³/mol. The average molecular weight is 285 g/mol. The largest absolute Gasteiger partial charge is 0.275 e. The van der Waals surface area contributed by atoms with Gasteiger partial charge in [-0.1, -0.05) is 13.0 Å². The molecule has 0 aliphatic carbocycles. The molecule has 2 aromatic heterocycles. The van der Waals surface area contributed by atoms with Gasteiger partial charge in [0.15, 0.2) is 0 Å². The summed E-state index contributed by atoms with van der Waals surface area (Å²) in [6.07, 6.45) is 3.51. The molecular weight excluding hydrogens is 270 g/mol. The highest BCUT2D eigenvalue weighted by Crippen LogP contribution is 2.22. The fraction of sp³-hybridized carbons (Fsp3) is 0.364. The molecule has 0 N–H and O–H groups in total. The lowest BCUT2D eigenvalue weighted by Gasteiger charge is -2.18. The van der Waals surface area contributed by atoms with E-state index in [4.69, 9.17) is 0 Å². The van der Waals surface area contributed by atoms with E-state index >= 15 is 0 Å². The van der Waals surface area contributed by atoms with E-state index in [1.54, 1.807) is 28.4 Å². The van der Waals surface area contributed by atoms with Gasteiger partial charge in [-0.3, -0.25) is 4.68 Å². The number of hydrogen-bond donors (Lipinski definition) is 0. The van der Waals surface area contributed by atoms with E-state index in [0.29, 0.717) is 17.3 Å². The van der Waals surface area contributed by atoms with Crippen molar-refractivity contribution in [2.24, 2.45) is 7.05 Å². The van der Waals surface area contributed by atoms with Crippen LogP contribution in [0.15, 0.2) is 34.1 Å². The highest BCUT2D eigenvalue weighted by atomic mass is 32.2. The normalized spacial score (nSPS) is 12.2. The Morgan fingerprint density at radius 1 is 1.50 bits per heavy atom. The zero-order valence-electron chi connectivity index (χ0n) is 10.3. The number of nitrogens with zero attached hydrogens (tertiary/aromatic N) is 3. The summed E-state index contributed by atoms with van der Waals surface area (Å²) in [4.78, 5) is 0. The van der Waals surface area contributed by atoms with Crippen molar-refractivity contribution in [2.75, 3.05) is 6.54 Å². The standard InChI is InChI=1S/C11H15N3O2S2/c1-3-14(9-10-7-12-13(2)8-10)18(15,16)11-5-4-6-17-11/h4-8H,3,9H2,1-2H3. The first kappa shape index (κ1) is 13.3. The fourth-order valence-corrected chi connectivity index (χ4v) is 4.24. The fourth-order valence-electron chi connectivity index (χ4n) is 1.66. The molecule has 0 fully saturated rings. The van der Waals surface area contributed by atoms with Crippen LogP contribution in [-0.2, 0) is 23.6 Å². The van der Waals surface area contributed by atoms with Gasteiger partial charge in [0.05, 0.1) is 6.20 Å². The Labute approximate surface area is 111 Å². The maximum absolute atomic E-state index is 12.3. The van der Waals surface area contributed by atoms with Crippen LogP contribution in [0.4, 0.5) is 0 Å². The molecule has 0 aliphatic rings. The van der Waals surface area contributed by atoms with Crippen LogP contribution in [0.2, 0.25) is 0 Å². The molecule has 2 rings (SSSR count). The minimum Gasteiger partial charge on any atom is -0.275 e. The molecule has 18 heavy (non-hydrogen) atoms. The van der Waals surface area contributed by atoms with Gasteiger partial charge in [0.1, 0.15) is 4.21 Å². The second kappa shape index (κ2) is 5.21. The monoisotopic (exact) mass is 285 g/mol. The Morgan fingerprint density at radius 2 is 2.28 bits per heavy atom. The molecular formula is C11H15N3O2S2. The van der Waals surface area contributed by atoms with Crippen molar-refractivity contribution in [1.29, 1.82) is 0 Å². The summed E-state index contributed by atoms with van der Waals surface area (Å²) < 4.78 is 28.2. The summed E-state index contributed by atoms with van der Waals surface area (Å²) in [5, 5.41) is 5.82. The number of rotatable bonds is 5. The molecule has 98 valence electrons. The Bertz CT molecular complexity index is 602. The summed E-state index contributed by atoms with van der Waals surface area (Å²) in [5.41, 5.74) is 0.888. The van der Waals surface area contributed by atoms with E-state index in [9.17, 15) is 8.42 Å². The minimum atomic E-state index is -3.38. The van der Waals surface area contributed by atoms with Crippen LogP contribution in [0.1, 0.15) is 12.5 Å². The highest BCUT2D eigenvalue weighted by Gasteiger charge is 2.24. The summed E-state index contributed by atoms with van der Waals surface area (Å²) in [6, 6.07) is 3.38. The van der Waals surface area contributed by atoms with Crippen molar-refractivity contribution >= 4 is 21.4 Å². The number of hydrogen-bond acceptors (Lipinski definition) is 4. The van der Waals surface area contributed by atoms with Crippen LogP contribution < -0.4 is 0 Å². The quantitative estimate of drug-likeness (QED) is 0.840. The molecule has 0 saturated heterocycles. The number of sulfonamides is 1. The van der Waals surface area contributed by atoms with E-state index in [1.165, 1.54) is 15.6 Å². The van der Waals surface area contributed by atoms with Crippen LogP contribution in [0.3, 0.4) is 0 Å². The van der Waals surface area contributed by atoms with Gasteiger partial charge < -0.3 is 0 Å². The van der Waals surface area contributed by atoms with Crippen LogP contribution in [0.25, 0.3) is 0 Å². The van der Waals surface area contributed by atoms with E-state index < -0.39 is 10.0 Å². The van der Waals surface area contributed by atoms with Crippen molar-refractivity contribution < 1.29 is 8.42 Å². The minimum absolute atomic E-state index is 0.352. The van der Waals surface area contributed by atoms with Gasteiger partial charge in [0, 0.05) is 31.9 Å². The number of aromatic nitrogens is 2. The van der Waals surface area contributed by atoms with Gasteiger partial charge in [-0.25, -0.2) is 8.42 Å². The summed E-state index contributed by atoms with van der Waals surface area (Å²) in [6.45, 7) is 2.63. The Kier molecular flexibility index (Phi) is 3.84. The average Bonchev–Trinajstić information content (AvgIpc) is 2.96. The molecule has 0 amide bonds. The molecule has 0 aliphatic heterocycles. The molecule has 0 unspecified atom stereocenters. The molecule has 5 nitrogen and oxygen atoms in total. The summed E-state index contributed by atoms with van der Waals surface area (Å²) in [7, 11) is -1.57. The topological polar surface area (TPSA) is 55.2 Å². The predicted octanol–water partition coefficient (Wildman–Crippen LogP) is 1.69. The first-order valence-electron chi connectivity index (χ1n) is 5.55. The SMILES string of the molecule is CCN(Cc1cnn(C)c1)S(=O)(=O)c1cccs1. The van der Waals surface area contributed by atoms with E-state index in [-0.39, 0.29) is 0 Å². The van der Waals surface area contributed by atoms with Crippen LogP contribution >= 0.6 is 11.3 Å². The lowest BCUT2D eigenvalue weighted by molar-refractivity contribution is 0.424. The van der Waals surface area contributed by atoms with Gasteiger partial charge >= 0.3 is 0 Å². The van der Waals surface area contributed by atoms with Crippen molar-refractivity contribution in [3.63, 3.8) is 0 Å². The molecule has 7 heteroatoms. The second-order valence-corrected chi connectivity index (χ2v) is 7.00. The van der Waals surface area contributed by atoms with Gasteiger partial charge in [0.2, 0.25) is 0 Å². The lowest BCUT2D eigenvalue weighted by Crippen LogP contribution is -2.29. The molecule has 0 aromatic carbocycles. The Morgan fingerprint density at radius 3 is 2.78 bits per heavy atom. The van der Waals surface area contributed by atoms with E-state index in [2.05, 4.69) is 5.10 Å². The third-order valence-electron chi connectivity index (χ3n) is 2.56. The van der Waals surface area contributed by atoms with Crippen LogP contribution in [0.5, 0.6) is 0 Å². The molecule has 0 atom stereocenters. The van der Waals surface area contributed by atoms with E-state index in [1.807, 2.05) is 20.2 Å². The molecule has 0 spiro atoms. The molecule has 0 bridgehead atoms. The maximum Gasteiger partial charge on any atom is 0.252 e. The summed E-state index contributed by atoms with van der Waals surface area (Å²) in [5.74, 6) is 0. The summed E-state index contributed by atoms with van der Waals surface area (Å²) >= 11 is 1.24. The highest BCUT2D eigenvalue weighted by molar-refractivity contribution is 7.91. The third kappa shape index (κ3) is 2.63. The van der Waals surface area contributed by atoms with Crippen molar-refractivity contribution in [2.45, 2.75) is 17.7 Å². The van der Waals surface area contributed by atoms with Gasteiger partial charge in [-0.05, 0) is 11.4 Å². The smallest absolute Gasteiger partial charge is 0.252 e. The van der Waals surface area contributed by atoms with Gasteiger partial charge in [-0.2, -0.15) is 9.40 Å². The van der Waals surface area contributed by atoms with Crippen LogP contribution in [-0.4, -0.2) is 29.0 Å². The molecule has 2 aromatic rings. The van der Waals surface area contributed by atoms with Gasteiger partial charge in [-0.15, -0.1) is 11.3 Å². The molecule has 0 saturated carbocycles. The number of thiophene rings is 1. The van der Waals surface area contributed by atoms with E-state index in [0.717, 1.165) is 5.56 Å². The Balaban J connectivity index is 2.24. The maximum atomic E-state index is 12.3. The third-order valence-corrected chi connectivity index (χ3v) is 5.85. The second-order valence-electron chi connectivity index (χ2n) is 3.89. The first-order chi connectivity index (χ1) is 8.54. The van der Waals surface area contributed by atoms with Crippen LogP contribution in [0, 0.1) is 0 Å². The molecule has 0 radical (unpaired) electrons. The van der Waals surface area contributed by atoms with Gasteiger partial charge in [0.25, 0.3) is 10.0 Å². The zero-order valence-corrected chi connectivity index (χ0v) is 11.9. The lowest BCUT2D eigenvalue weighted by atomic mass is 10.3. The Hall–Kier alpha value is -1.18. The van der Waals surface area contributed by atoms with Crippen molar-refractivity contribution in [3.8, 4) is 0 Å². The van der Waals surface area contributed by atoms with Crippen molar-refractivity contribution in [3.05, 3.63) is 35.5 Å². The van der Waals surface area contributed by atoms with Crippen molar-refractivity contribution in [1.82, 2.24) is 14.1 Å². The number of aryl methyl sites for hydroxylation is 1. The first-order valence-corrected chi connectivity index (χ1v) is 7.87. The zero-order chi connectivity index (χ0) is 13.2.